The van der Waals surface area contributed by atoms with Gasteiger partial charge in [0.25, 0.3) is 0 Å². The maximum atomic E-state index is 6.00. The van der Waals surface area contributed by atoms with Crippen molar-refractivity contribution in [3.63, 3.8) is 0 Å². The molecule has 2 fully saturated rings. The third kappa shape index (κ3) is 2.45. The van der Waals surface area contributed by atoms with Crippen LogP contribution in [0.2, 0.25) is 0 Å². The summed E-state index contributed by atoms with van der Waals surface area (Å²) >= 11 is 0. The molecule has 5 heteroatoms. The standard InChI is InChI=1S/C22H24N4O/c1-22(2)18(16-10-13-27-19(16)22)26(3)21-15-6-4-5-7-17(15)24-20(25-21)14-8-11-23-12-9-14/h4-9,11-12,16,18-19H,10,13H2,1-3H3. The highest BCUT2D eigenvalue weighted by Crippen LogP contribution is 2.55. The summed E-state index contributed by atoms with van der Waals surface area (Å²) in [5.41, 5.74) is 2.07. The fraction of sp³-hybridized carbons (Fsp3) is 0.409. The Bertz CT molecular complexity index is 988. The molecule has 0 amide bonds. The van der Waals surface area contributed by atoms with E-state index >= 15 is 0 Å². The van der Waals surface area contributed by atoms with Crippen molar-refractivity contribution >= 4 is 16.7 Å². The third-order valence-electron chi connectivity index (χ3n) is 6.31. The van der Waals surface area contributed by atoms with Crippen LogP contribution < -0.4 is 4.90 Å². The first-order chi connectivity index (χ1) is 13.1. The summed E-state index contributed by atoms with van der Waals surface area (Å²) in [6, 6.07) is 12.6. The van der Waals surface area contributed by atoms with Gasteiger partial charge in [0.2, 0.25) is 0 Å². The van der Waals surface area contributed by atoms with E-state index in [0.29, 0.717) is 18.1 Å². The van der Waals surface area contributed by atoms with Crippen LogP contribution in [0.3, 0.4) is 0 Å². The number of fused-ring (bicyclic) bond motifs is 2. The van der Waals surface area contributed by atoms with Crippen molar-refractivity contribution in [3.05, 3.63) is 48.8 Å². The van der Waals surface area contributed by atoms with Crippen LogP contribution in [0.1, 0.15) is 20.3 Å². The Balaban J connectivity index is 1.64. The second kappa shape index (κ2) is 5.99. The Labute approximate surface area is 159 Å². The van der Waals surface area contributed by atoms with Crippen LogP contribution in [0.5, 0.6) is 0 Å². The number of para-hydroxylation sites is 1. The molecule has 2 aliphatic rings. The van der Waals surface area contributed by atoms with Crippen LogP contribution in [0, 0.1) is 11.3 Å². The van der Waals surface area contributed by atoms with E-state index in [1.807, 2.05) is 18.2 Å². The number of aromatic nitrogens is 3. The topological polar surface area (TPSA) is 51.1 Å². The first-order valence-corrected chi connectivity index (χ1v) is 9.59. The van der Waals surface area contributed by atoms with E-state index in [1.165, 1.54) is 0 Å². The van der Waals surface area contributed by atoms with Crippen LogP contribution in [-0.2, 0) is 4.74 Å². The zero-order valence-corrected chi connectivity index (χ0v) is 16.0. The molecule has 1 aliphatic carbocycles. The van der Waals surface area contributed by atoms with E-state index in [2.05, 4.69) is 49.0 Å². The second-order valence-corrected chi connectivity index (χ2v) is 8.24. The van der Waals surface area contributed by atoms with Gasteiger partial charge in [0, 0.05) is 54.4 Å². The van der Waals surface area contributed by atoms with E-state index in [0.717, 1.165) is 41.1 Å². The number of ether oxygens (including phenoxy) is 1. The first-order valence-electron chi connectivity index (χ1n) is 9.59. The van der Waals surface area contributed by atoms with Gasteiger partial charge in [-0.3, -0.25) is 4.98 Å². The largest absolute Gasteiger partial charge is 0.377 e. The SMILES string of the molecule is CN(c1nc(-c2ccncc2)nc2ccccc12)C1C2CCOC2C1(C)C. The maximum absolute atomic E-state index is 6.00. The Morgan fingerprint density at radius 3 is 2.67 bits per heavy atom. The highest BCUT2D eigenvalue weighted by Gasteiger charge is 2.61. The molecule has 3 heterocycles. The second-order valence-electron chi connectivity index (χ2n) is 8.24. The summed E-state index contributed by atoms with van der Waals surface area (Å²) in [7, 11) is 2.17. The minimum atomic E-state index is 0.110. The van der Waals surface area contributed by atoms with Gasteiger partial charge in [-0.15, -0.1) is 0 Å². The van der Waals surface area contributed by atoms with Crippen molar-refractivity contribution < 1.29 is 4.74 Å². The quantitative estimate of drug-likeness (QED) is 0.708. The molecule has 1 saturated heterocycles. The predicted molar refractivity (Wildman–Crippen MR) is 107 cm³/mol. The number of rotatable bonds is 3. The average molecular weight is 360 g/mol. The van der Waals surface area contributed by atoms with Crippen LogP contribution in [0.15, 0.2) is 48.8 Å². The molecule has 0 bridgehead atoms. The van der Waals surface area contributed by atoms with Gasteiger partial charge < -0.3 is 9.64 Å². The monoisotopic (exact) mass is 360 g/mol. The molecule has 5 nitrogen and oxygen atoms in total. The molecular formula is C22H24N4O. The summed E-state index contributed by atoms with van der Waals surface area (Å²) in [4.78, 5) is 16.3. The van der Waals surface area contributed by atoms with Crippen molar-refractivity contribution in [1.82, 2.24) is 15.0 Å². The Morgan fingerprint density at radius 2 is 1.85 bits per heavy atom. The predicted octanol–water partition coefficient (Wildman–Crippen LogP) is 3.94. The summed E-state index contributed by atoms with van der Waals surface area (Å²) in [6.07, 6.45) is 5.06. The van der Waals surface area contributed by atoms with Gasteiger partial charge in [0.05, 0.1) is 11.6 Å². The van der Waals surface area contributed by atoms with Gasteiger partial charge in [-0.05, 0) is 30.7 Å². The molecule has 3 unspecified atom stereocenters. The van der Waals surface area contributed by atoms with Gasteiger partial charge in [-0.25, -0.2) is 9.97 Å². The van der Waals surface area contributed by atoms with E-state index in [-0.39, 0.29) is 5.41 Å². The summed E-state index contributed by atoms with van der Waals surface area (Å²) in [5, 5.41) is 1.09. The Kier molecular flexibility index (Phi) is 3.69. The number of nitrogens with zero attached hydrogens (tertiary/aromatic N) is 4. The number of hydrogen-bond acceptors (Lipinski definition) is 5. The van der Waals surface area contributed by atoms with Crippen LogP contribution in [0.25, 0.3) is 22.3 Å². The summed E-state index contributed by atoms with van der Waals surface area (Å²) < 4.78 is 6.00. The number of anilines is 1. The van der Waals surface area contributed by atoms with E-state index < -0.39 is 0 Å². The minimum absolute atomic E-state index is 0.110. The normalized spacial score (nSPS) is 25.8. The Hall–Kier alpha value is -2.53. The molecule has 0 radical (unpaired) electrons. The van der Waals surface area contributed by atoms with Crippen LogP contribution in [0.4, 0.5) is 5.82 Å². The fourth-order valence-electron chi connectivity index (χ4n) is 5.17. The smallest absolute Gasteiger partial charge is 0.162 e. The van der Waals surface area contributed by atoms with Gasteiger partial charge >= 0.3 is 0 Å². The average Bonchev–Trinajstić information content (AvgIpc) is 3.14. The minimum Gasteiger partial charge on any atom is -0.377 e. The lowest BCUT2D eigenvalue weighted by molar-refractivity contribution is -0.101. The lowest BCUT2D eigenvalue weighted by atomic mass is 9.57. The van der Waals surface area contributed by atoms with Crippen LogP contribution in [-0.4, -0.2) is 40.8 Å². The molecule has 2 aromatic heterocycles. The lowest BCUT2D eigenvalue weighted by Gasteiger charge is -2.58. The lowest BCUT2D eigenvalue weighted by Crippen LogP contribution is -2.66. The van der Waals surface area contributed by atoms with Gasteiger partial charge in [0.15, 0.2) is 5.82 Å². The molecular weight excluding hydrogens is 336 g/mol. The molecule has 0 spiro atoms. The number of benzene rings is 1. The molecule has 1 aliphatic heterocycles. The van der Waals surface area contributed by atoms with Crippen molar-refractivity contribution in [2.75, 3.05) is 18.6 Å². The molecule has 138 valence electrons. The fourth-order valence-corrected chi connectivity index (χ4v) is 5.17. The molecule has 1 saturated carbocycles. The van der Waals surface area contributed by atoms with Crippen molar-refractivity contribution in [2.24, 2.45) is 11.3 Å². The molecule has 3 atom stereocenters. The molecule has 1 aromatic carbocycles. The highest BCUT2D eigenvalue weighted by atomic mass is 16.5. The van der Waals surface area contributed by atoms with Gasteiger partial charge in [-0.2, -0.15) is 0 Å². The maximum Gasteiger partial charge on any atom is 0.162 e. The Morgan fingerprint density at radius 1 is 1.07 bits per heavy atom. The van der Waals surface area contributed by atoms with Crippen molar-refractivity contribution in [1.29, 1.82) is 0 Å². The highest BCUT2D eigenvalue weighted by molar-refractivity contribution is 5.91. The number of pyridine rings is 1. The molecule has 27 heavy (non-hydrogen) atoms. The van der Waals surface area contributed by atoms with Gasteiger partial charge in [0.1, 0.15) is 5.82 Å². The van der Waals surface area contributed by atoms with E-state index in [1.54, 1.807) is 12.4 Å². The van der Waals surface area contributed by atoms with E-state index in [9.17, 15) is 0 Å². The molecule has 0 N–H and O–H groups in total. The van der Waals surface area contributed by atoms with Crippen molar-refractivity contribution in [2.45, 2.75) is 32.4 Å². The first kappa shape index (κ1) is 16.6. The van der Waals surface area contributed by atoms with Gasteiger partial charge in [-0.1, -0.05) is 26.0 Å². The zero-order valence-electron chi connectivity index (χ0n) is 16.0. The molecule has 3 aromatic rings. The van der Waals surface area contributed by atoms with Crippen LogP contribution >= 0.6 is 0 Å². The van der Waals surface area contributed by atoms with E-state index in [4.69, 9.17) is 14.7 Å². The van der Waals surface area contributed by atoms with Crippen molar-refractivity contribution in [3.8, 4) is 11.4 Å². The molecule has 5 rings (SSSR count). The zero-order chi connectivity index (χ0) is 18.6. The number of hydrogen-bond donors (Lipinski definition) is 0. The summed E-state index contributed by atoms with van der Waals surface area (Å²) in [6.45, 7) is 5.50. The third-order valence-corrected chi connectivity index (χ3v) is 6.31. The summed E-state index contributed by atoms with van der Waals surface area (Å²) in [5.74, 6) is 2.31.